The lowest BCUT2D eigenvalue weighted by Crippen LogP contribution is -2.44. The minimum absolute atomic E-state index is 0.283. The molecule has 1 N–H and O–H groups in total. The van der Waals surface area contributed by atoms with E-state index < -0.39 is 5.97 Å². The van der Waals surface area contributed by atoms with Crippen LogP contribution in [0.25, 0.3) is 0 Å². The molecule has 2 aromatic carbocycles. The molecule has 1 amide bonds. The Morgan fingerprint density at radius 1 is 1.04 bits per heavy atom. The molecule has 1 heterocycles. The zero-order valence-corrected chi connectivity index (χ0v) is 16.1. The predicted octanol–water partition coefficient (Wildman–Crippen LogP) is 3.13. The zero-order valence-electron chi connectivity index (χ0n) is 15.4. The number of piperazine rings is 1. The van der Waals surface area contributed by atoms with Crippen molar-refractivity contribution in [1.29, 1.82) is 0 Å². The molecule has 27 heavy (non-hydrogen) atoms. The Kier molecular flexibility index (Phi) is 5.98. The second-order valence-electron chi connectivity index (χ2n) is 6.48. The molecule has 1 aliphatic heterocycles. The van der Waals surface area contributed by atoms with E-state index >= 15 is 0 Å². The van der Waals surface area contributed by atoms with Crippen molar-refractivity contribution in [3.63, 3.8) is 0 Å². The quantitative estimate of drug-likeness (QED) is 0.817. The van der Waals surface area contributed by atoms with Gasteiger partial charge in [-0.25, -0.2) is 4.79 Å². The van der Waals surface area contributed by atoms with Crippen molar-refractivity contribution in [2.24, 2.45) is 0 Å². The highest BCUT2D eigenvalue weighted by Gasteiger charge is 2.20. The van der Waals surface area contributed by atoms with Gasteiger partial charge in [-0.1, -0.05) is 17.7 Å². The van der Waals surface area contributed by atoms with Gasteiger partial charge in [0.15, 0.2) is 0 Å². The Bertz CT molecular complexity index is 848. The SMILES string of the molecule is COC(=O)c1ccc(N2CCN(C)CC2)c(NC(=O)c2cccc(Cl)c2)c1. The van der Waals surface area contributed by atoms with Gasteiger partial charge in [0.1, 0.15) is 0 Å². The summed E-state index contributed by atoms with van der Waals surface area (Å²) in [5.41, 5.74) is 2.30. The highest BCUT2D eigenvalue weighted by molar-refractivity contribution is 6.31. The number of nitrogens with one attached hydrogen (secondary N) is 1. The number of rotatable bonds is 4. The first kappa shape index (κ1) is 19.2. The molecular weight excluding hydrogens is 366 g/mol. The zero-order chi connectivity index (χ0) is 19.4. The number of likely N-dealkylation sites (N-methyl/N-ethyl adjacent to an activating group) is 1. The number of benzene rings is 2. The highest BCUT2D eigenvalue weighted by Crippen LogP contribution is 2.29. The van der Waals surface area contributed by atoms with Gasteiger partial charge in [-0.05, 0) is 43.4 Å². The first-order valence-corrected chi connectivity index (χ1v) is 9.08. The number of hydrogen-bond acceptors (Lipinski definition) is 5. The monoisotopic (exact) mass is 387 g/mol. The van der Waals surface area contributed by atoms with Gasteiger partial charge in [-0.2, -0.15) is 0 Å². The van der Waals surface area contributed by atoms with Gasteiger partial charge in [-0.3, -0.25) is 4.79 Å². The van der Waals surface area contributed by atoms with Crippen LogP contribution < -0.4 is 10.2 Å². The van der Waals surface area contributed by atoms with E-state index in [2.05, 4.69) is 22.2 Å². The van der Waals surface area contributed by atoms with Gasteiger partial charge in [0.2, 0.25) is 0 Å². The lowest BCUT2D eigenvalue weighted by molar-refractivity contribution is 0.0600. The molecule has 1 aliphatic rings. The van der Waals surface area contributed by atoms with E-state index in [-0.39, 0.29) is 5.91 Å². The van der Waals surface area contributed by atoms with Crippen LogP contribution in [0.15, 0.2) is 42.5 Å². The number of amides is 1. The summed E-state index contributed by atoms with van der Waals surface area (Å²) in [5, 5.41) is 3.41. The van der Waals surface area contributed by atoms with E-state index in [0.717, 1.165) is 31.9 Å². The summed E-state index contributed by atoms with van der Waals surface area (Å²) in [5.74, 6) is -0.729. The minimum atomic E-state index is -0.446. The maximum absolute atomic E-state index is 12.7. The number of anilines is 2. The van der Waals surface area contributed by atoms with E-state index in [4.69, 9.17) is 16.3 Å². The molecule has 142 valence electrons. The summed E-state index contributed by atoms with van der Waals surface area (Å²) in [7, 11) is 3.42. The van der Waals surface area contributed by atoms with Crippen molar-refractivity contribution in [2.75, 3.05) is 50.6 Å². The third-order valence-electron chi connectivity index (χ3n) is 4.60. The average molecular weight is 388 g/mol. The fourth-order valence-corrected chi connectivity index (χ4v) is 3.22. The van der Waals surface area contributed by atoms with Crippen molar-refractivity contribution in [3.8, 4) is 0 Å². The number of ether oxygens (including phenoxy) is 1. The Morgan fingerprint density at radius 3 is 2.44 bits per heavy atom. The molecule has 0 aromatic heterocycles. The van der Waals surface area contributed by atoms with E-state index in [1.165, 1.54) is 7.11 Å². The molecule has 0 radical (unpaired) electrons. The summed E-state index contributed by atoms with van der Waals surface area (Å²) in [4.78, 5) is 29.1. The van der Waals surface area contributed by atoms with E-state index in [1.807, 2.05) is 6.07 Å². The largest absolute Gasteiger partial charge is 0.465 e. The summed E-state index contributed by atoms with van der Waals surface area (Å²) >= 11 is 5.99. The van der Waals surface area contributed by atoms with Crippen molar-refractivity contribution in [1.82, 2.24) is 4.90 Å². The average Bonchev–Trinajstić information content (AvgIpc) is 2.68. The minimum Gasteiger partial charge on any atom is -0.465 e. The molecular formula is C20H22ClN3O3. The van der Waals surface area contributed by atoms with Crippen molar-refractivity contribution in [2.45, 2.75) is 0 Å². The predicted molar refractivity (Wildman–Crippen MR) is 107 cm³/mol. The molecule has 0 saturated carbocycles. The third-order valence-corrected chi connectivity index (χ3v) is 4.83. The summed E-state index contributed by atoms with van der Waals surface area (Å²) in [6.07, 6.45) is 0. The molecule has 0 spiro atoms. The highest BCUT2D eigenvalue weighted by atomic mass is 35.5. The number of nitrogens with zero attached hydrogens (tertiary/aromatic N) is 2. The summed E-state index contributed by atoms with van der Waals surface area (Å²) in [6.45, 7) is 3.54. The molecule has 6 nitrogen and oxygen atoms in total. The molecule has 0 unspecified atom stereocenters. The smallest absolute Gasteiger partial charge is 0.337 e. The number of hydrogen-bond donors (Lipinski definition) is 1. The van der Waals surface area contributed by atoms with Crippen LogP contribution in [-0.2, 0) is 4.74 Å². The fourth-order valence-electron chi connectivity index (χ4n) is 3.03. The summed E-state index contributed by atoms with van der Waals surface area (Å²) < 4.78 is 4.81. The third kappa shape index (κ3) is 4.59. The fraction of sp³-hybridized carbons (Fsp3) is 0.300. The Balaban J connectivity index is 1.92. The first-order chi connectivity index (χ1) is 13.0. The van der Waals surface area contributed by atoms with Gasteiger partial charge < -0.3 is 19.9 Å². The van der Waals surface area contributed by atoms with Gasteiger partial charge in [-0.15, -0.1) is 0 Å². The van der Waals surface area contributed by atoms with E-state index in [9.17, 15) is 9.59 Å². The van der Waals surface area contributed by atoms with Gasteiger partial charge in [0, 0.05) is 36.8 Å². The molecule has 7 heteroatoms. The van der Waals surface area contributed by atoms with Crippen molar-refractivity contribution < 1.29 is 14.3 Å². The Hall–Kier alpha value is -2.57. The lowest BCUT2D eigenvalue weighted by atomic mass is 10.1. The van der Waals surface area contributed by atoms with Crippen molar-refractivity contribution in [3.05, 3.63) is 58.6 Å². The molecule has 1 fully saturated rings. The molecule has 0 aliphatic carbocycles. The number of carbonyl (C=O) groups is 2. The maximum Gasteiger partial charge on any atom is 0.337 e. The Morgan fingerprint density at radius 2 is 1.78 bits per heavy atom. The standard InChI is InChI=1S/C20H22ClN3O3/c1-23-8-10-24(11-9-23)18-7-6-15(20(26)27-2)13-17(18)22-19(25)14-4-3-5-16(21)12-14/h3-7,12-13H,8-11H2,1-2H3,(H,22,25). The second kappa shape index (κ2) is 8.41. The topological polar surface area (TPSA) is 61.9 Å². The van der Waals surface area contributed by atoms with Gasteiger partial charge in [0.25, 0.3) is 5.91 Å². The number of carbonyl (C=O) groups excluding carboxylic acids is 2. The normalized spacial score (nSPS) is 14.7. The molecule has 3 rings (SSSR count). The molecule has 0 atom stereocenters. The van der Waals surface area contributed by atoms with Crippen LogP contribution in [0.4, 0.5) is 11.4 Å². The van der Waals surface area contributed by atoms with Gasteiger partial charge in [0.05, 0.1) is 24.0 Å². The number of esters is 1. The van der Waals surface area contributed by atoms with Crippen LogP contribution in [0.1, 0.15) is 20.7 Å². The van der Waals surface area contributed by atoms with Crippen molar-refractivity contribution >= 4 is 34.9 Å². The summed E-state index contributed by atoms with van der Waals surface area (Å²) in [6, 6.07) is 12.0. The van der Waals surface area contributed by atoms with Crippen LogP contribution in [0.3, 0.4) is 0 Å². The Labute approximate surface area is 163 Å². The number of halogens is 1. The molecule has 0 bridgehead atoms. The number of methoxy groups -OCH3 is 1. The molecule has 2 aromatic rings. The lowest BCUT2D eigenvalue weighted by Gasteiger charge is -2.35. The van der Waals surface area contributed by atoms with Crippen LogP contribution in [-0.4, -0.2) is 57.1 Å². The maximum atomic E-state index is 12.7. The van der Waals surface area contributed by atoms with Crippen LogP contribution in [0.5, 0.6) is 0 Å². The van der Waals surface area contributed by atoms with Crippen LogP contribution >= 0.6 is 11.6 Å². The van der Waals surface area contributed by atoms with E-state index in [0.29, 0.717) is 21.8 Å². The first-order valence-electron chi connectivity index (χ1n) is 8.70. The van der Waals surface area contributed by atoms with E-state index in [1.54, 1.807) is 36.4 Å². The van der Waals surface area contributed by atoms with Gasteiger partial charge >= 0.3 is 5.97 Å². The molecule has 1 saturated heterocycles. The van der Waals surface area contributed by atoms with Crippen LogP contribution in [0.2, 0.25) is 5.02 Å². The second-order valence-corrected chi connectivity index (χ2v) is 6.91. The van der Waals surface area contributed by atoms with Crippen LogP contribution in [0, 0.1) is 0 Å².